The van der Waals surface area contributed by atoms with Gasteiger partial charge in [0.2, 0.25) is 11.8 Å². The molecule has 13 heteroatoms. The smallest absolute Gasteiger partial charge is 0.405 e. The molecule has 4 N–H and O–H groups in total. The first kappa shape index (κ1) is 26.5. The van der Waals surface area contributed by atoms with E-state index in [0.29, 0.717) is 18.4 Å². The molecule has 3 atom stereocenters. The Bertz CT molecular complexity index is 1190. The summed E-state index contributed by atoms with van der Waals surface area (Å²) >= 11 is 0. The molecule has 2 unspecified atom stereocenters. The molecule has 4 rings (SSSR count). The molecule has 2 aliphatic rings. The number of piperidine rings is 1. The maximum Gasteiger partial charge on any atom is 0.405 e. The van der Waals surface area contributed by atoms with Gasteiger partial charge in [0.1, 0.15) is 0 Å². The number of carbonyl (C=O) groups is 2. The number of ether oxygens (including phenoxy) is 1. The number of anilines is 1. The zero-order valence-electron chi connectivity index (χ0n) is 20.5. The number of hydrogen-bond acceptors (Lipinski definition) is 7. The molecule has 2 amide bonds. The largest absolute Gasteiger partial charge is 0.476 e. The number of aromatic amines is 1. The molecule has 0 aromatic carbocycles. The number of aromatic nitrogens is 3. The lowest BCUT2D eigenvalue weighted by Crippen LogP contribution is -2.52. The van der Waals surface area contributed by atoms with Gasteiger partial charge in [-0.1, -0.05) is 0 Å². The third-order valence-electron chi connectivity index (χ3n) is 6.80. The lowest BCUT2D eigenvalue weighted by Gasteiger charge is -2.40. The summed E-state index contributed by atoms with van der Waals surface area (Å²) in [4.78, 5) is 40.1. The summed E-state index contributed by atoms with van der Waals surface area (Å²) in [6.45, 7) is 3.50. The van der Waals surface area contributed by atoms with Crippen molar-refractivity contribution < 1.29 is 28.2 Å². The molecule has 1 aliphatic heterocycles. The molecule has 0 bridgehead atoms. The molecule has 3 heterocycles. The Kier molecular flexibility index (Phi) is 7.71. The zero-order chi connectivity index (χ0) is 26.7. The summed E-state index contributed by atoms with van der Waals surface area (Å²) in [7, 11) is 0. The van der Waals surface area contributed by atoms with Crippen molar-refractivity contribution in [2.24, 2.45) is 5.92 Å². The number of nitrogens with zero attached hydrogens (tertiary/aromatic N) is 3. The van der Waals surface area contributed by atoms with Crippen molar-refractivity contribution in [2.45, 2.75) is 57.0 Å². The molecule has 11 nitrogen and oxygen atoms in total. The first-order valence-electron chi connectivity index (χ1n) is 12.1. The summed E-state index contributed by atoms with van der Waals surface area (Å²) in [5.41, 5.74) is -0.385. The number of H-pyrrole nitrogens is 1. The number of alkyl halides is 2. The fraction of sp³-hybridized carbons (Fsp3) is 0.542. The van der Waals surface area contributed by atoms with E-state index in [9.17, 15) is 23.2 Å². The van der Waals surface area contributed by atoms with Gasteiger partial charge in [-0.15, -0.1) is 10.2 Å². The van der Waals surface area contributed by atoms with Crippen molar-refractivity contribution in [2.75, 3.05) is 25.0 Å². The van der Waals surface area contributed by atoms with E-state index in [4.69, 9.17) is 9.84 Å². The summed E-state index contributed by atoms with van der Waals surface area (Å²) < 4.78 is 35.5. The van der Waals surface area contributed by atoms with E-state index in [2.05, 4.69) is 25.8 Å². The lowest BCUT2D eigenvalue weighted by molar-refractivity contribution is -0.125. The van der Waals surface area contributed by atoms with Crippen LogP contribution in [0.3, 0.4) is 0 Å². The molecule has 0 spiro atoms. The average Bonchev–Trinajstić information content (AvgIpc) is 3.68. The van der Waals surface area contributed by atoms with Gasteiger partial charge in [0, 0.05) is 37.3 Å². The first-order valence-corrected chi connectivity index (χ1v) is 12.1. The van der Waals surface area contributed by atoms with Crippen LogP contribution >= 0.6 is 0 Å². The minimum Gasteiger partial charge on any atom is -0.476 e. The third-order valence-corrected chi connectivity index (χ3v) is 6.80. The van der Waals surface area contributed by atoms with Gasteiger partial charge >= 0.3 is 6.09 Å². The van der Waals surface area contributed by atoms with Crippen LogP contribution in [-0.2, 0) is 4.79 Å². The Hall–Kier alpha value is -3.61. The Morgan fingerprint density at radius 1 is 1.30 bits per heavy atom. The quantitative estimate of drug-likeness (QED) is 0.394. The fourth-order valence-corrected chi connectivity index (χ4v) is 4.28. The molecular weight excluding hydrogens is 490 g/mol. The number of carboxylic acid groups (broad SMARTS) is 1. The second-order valence-corrected chi connectivity index (χ2v) is 9.62. The molecule has 200 valence electrons. The Labute approximate surface area is 211 Å². The van der Waals surface area contributed by atoms with E-state index in [1.165, 1.54) is 19.2 Å². The van der Waals surface area contributed by atoms with Crippen molar-refractivity contribution in [1.82, 2.24) is 25.4 Å². The predicted molar refractivity (Wildman–Crippen MR) is 129 cm³/mol. The van der Waals surface area contributed by atoms with Crippen molar-refractivity contribution in [3.8, 4) is 5.88 Å². The second-order valence-electron chi connectivity index (χ2n) is 9.62. The summed E-state index contributed by atoms with van der Waals surface area (Å²) in [6, 6.07) is 2.84. The molecule has 37 heavy (non-hydrogen) atoms. The highest BCUT2D eigenvalue weighted by Gasteiger charge is 2.46. The van der Waals surface area contributed by atoms with Crippen LogP contribution < -0.4 is 20.9 Å². The number of amides is 2. The second kappa shape index (κ2) is 10.8. The standard InChI is InChI=1S/C24H30F2N6O5/c1-13(28-23(35)36)17-9-16(10-27-22(17)34)18-11-32(8-7-24(18,25)26)14(2)21(33)29-19-5-6-20(31-30-19)37-12-15-3-4-15/h5-6,9-10,13-15,18,28H,3-4,7-8,11-12H2,1-2H3,(H,27,34)(H,35,36)(H,29,30,33)/t13?,14-,18?/m0/s1. The van der Waals surface area contributed by atoms with E-state index in [-0.39, 0.29) is 30.0 Å². The van der Waals surface area contributed by atoms with Gasteiger partial charge in [-0.3, -0.25) is 14.5 Å². The predicted octanol–water partition coefficient (Wildman–Crippen LogP) is 2.73. The number of halogens is 2. The van der Waals surface area contributed by atoms with Crippen LogP contribution in [0.5, 0.6) is 5.88 Å². The molecule has 2 aromatic rings. The van der Waals surface area contributed by atoms with Crippen LogP contribution in [0.1, 0.15) is 56.2 Å². The van der Waals surface area contributed by atoms with Gasteiger partial charge in [0.15, 0.2) is 5.82 Å². The SMILES string of the molecule is CC(NC(=O)O)c1cc(C2CN([C@@H](C)C(=O)Nc3ccc(OCC4CC4)nn3)CCC2(F)F)c[nH]c1=O. The highest BCUT2D eigenvalue weighted by Crippen LogP contribution is 2.41. The van der Waals surface area contributed by atoms with Crippen molar-refractivity contribution in [3.63, 3.8) is 0 Å². The Morgan fingerprint density at radius 2 is 2.05 bits per heavy atom. The highest BCUT2D eigenvalue weighted by atomic mass is 19.3. The highest BCUT2D eigenvalue weighted by molar-refractivity contribution is 5.93. The number of likely N-dealkylation sites (tertiary alicyclic amines) is 1. The van der Waals surface area contributed by atoms with Crippen molar-refractivity contribution in [1.29, 1.82) is 0 Å². The minimum absolute atomic E-state index is 0.00903. The fourth-order valence-electron chi connectivity index (χ4n) is 4.28. The number of pyridine rings is 1. The van der Waals surface area contributed by atoms with Gasteiger partial charge < -0.3 is 25.5 Å². The van der Waals surface area contributed by atoms with Crippen LogP contribution in [0.15, 0.2) is 29.2 Å². The van der Waals surface area contributed by atoms with E-state index < -0.39 is 47.9 Å². The number of rotatable bonds is 9. The van der Waals surface area contributed by atoms with E-state index >= 15 is 0 Å². The van der Waals surface area contributed by atoms with Crippen LogP contribution in [0.4, 0.5) is 19.4 Å². The zero-order valence-corrected chi connectivity index (χ0v) is 20.5. The summed E-state index contributed by atoms with van der Waals surface area (Å²) in [5, 5.41) is 21.7. The Balaban J connectivity index is 1.43. The van der Waals surface area contributed by atoms with E-state index in [1.807, 2.05) is 0 Å². The van der Waals surface area contributed by atoms with Crippen LogP contribution in [0.25, 0.3) is 0 Å². The van der Waals surface area contributed by atoms with Gasteiger partial charge in [0.25, 0.3) is 11.5 Å². The molecule has 2 fully saturated rings. The van der Waals surface area contributed by atoms with Crippen molar-refractivity contribution >= 4 is 17.8 Å². The number of carbonyl (C=O) groups excluding carboxylic acids is 1. The maximum absolute atomic E-state index is 15.0. The van der Waals surface area contributed by atoms with Crippen LogP contribution in [0, 0.1) is 5.92 Å². The van der Waals surface area contributed by atoms with Crippen LogP contribution in [0.2, 0.25) is 0 Å². The lowest BCUT2D eigenvalue weighted by atomic mass is 9.86. The summed E-state index contributed by atoms with van der Waals surface area (Å²) in [5.74, 6) is -3.67. The minimum atomic E-state index is -3.09. The molecule has 2 aromatic heterocycles. The maximum atomic E-state index is 15.0. The normalized spacial score (nSPS) is 21.0. The average molecular weight is 521 g/mol. The first-order chi connectivity index (χ1) is 17.5. The summed E-state index contributed by atoms with van der Waals surface area (Å²) in [6.07, 6.45) is 1.69. The topological polar surface area (TPSA) is 150 Å². The molecule has 0 radical (unpaired) electrons. The monoisotopic (exact) mass is 520 g/mol. The van der Waals surface area contributed by atoms with E-state index in [1.54, 1.807) is 24.0 Å². The third kappa shape index (κ3) is 6.59. The number of nitrogens with one attached hydrogen (secondary N) is 3. The molecule has 1 saturated heterocycles. The Morgan fingerprint density at radius 3 is 2.70 bits per heavy atom. The molecule has 1 saturated carbocycles. The van der Waals surface area contributed by atoms with Crippen LogP contribution in [-0.4, -0.2) is 68.8 Å². The molecular formula is C24H30F2N6O5. The van der Waals surface area contributed by atoms with Gasteiger partial charge in [0.05, 0.1) is 24.6 Å². The van der Waals surface area contributed by atoms with Gasteiger partial charge in [-0.25, -0.2) is 13.6 Å². The van der Waals surface area contributed by atoms with E-state index in [0.717, 1.165) is 12.8 Å². The number of hydrogen-bond donors (Lipinski definition) is 4. The van der Waals surface area contributed by atoms with Gasteiger partial charge in [-0.05, 0) is 50.3 Å². The van der Waals surface area contributed by atoms with Gasteiger partial charge in [-0.2, -0.15) is 0 Å². The van der Waals surface area contributed by atoms with Crippen molar-refractivity contribution in [3.05, 3.63) is 45.9 Å². The molecule has 1 aliphatic carbocycles.